The minimum absolute atomic E-state index is 0.0441. The van der Waals surface area contributed by atoms with Gasteiger partial charge in [0.05, 0.1) is 23.0 Å². The summed E-state index contributed by atoms with van der Waals surface area (Å²) in [5.74, 6) is 0.667. The fourth-order valence-electron chi connectivity index (χ4n) is 4.34. The monoisotopic (exact) mass is 678 g/mol. The lowest BCUT2D eigenvalue weighted by molar-refractivity contribution is 0.279. The second-order valence-corrected chi connectivity index (χ2v) is 14.3. The van der Waals surface area contributed by atoms with Crippen molar-refractivity contribution in [3.63, 3.8) is 0 Å². The largest absolute Gasteiger partial charge is 0.494 e. The van der Waals surface area contributed by atoms with Gasteiger partial charge in [0, 0.05) is 23.4 Å². The van der Waals surface area contributed by atoms with E-state index >= 15 is 0 Å². The lowest BCUT2D eigenvalue weighted by Crippen LogP contribution is -2.23. The van der Waals surface area contributed by atoms with E-state index in [0.29, 0.717) is 41.5 Å². The van der Waals surface area contributed by atoms with E-state index in [-0.39, 0.29) is 33.9 Å². The van der Waals surface area contributed by atoms with Gasteiger partial charge in [-0.05, 0) is 85.5 Å². The van der Waals surface area contributed by atoms with Crippen LogP contribution in [-0.4, -0.2) is 47.6 Å². The zero-order valence-corrected chi connectivity index (χ0v) is 27.2. The van der Waals surface area contributed by atoms with E-state index in [2.05, 4.69) is 10.0 Å². The maximum absolute atomic E-state index is 12.7. The van der Waals surface area contributed by atoms with Crippen molar-refractivity contribution in [1.82, 2.24) is 4.72 Å². The highest BCUT2D eigenvalue weighted by Crippen LogP contribution is 2.19. The van der Waals surface area contributed by atoms with E-state index in [1.807, 2.05) is 0 Å². The zero-order valence-electron chi connectivity index (χ0n) is 25.6. The topological polar surface area (TPSA) is 211 Å². The minimum Gasteiger partial charge on any atom is -0.494 e. The first-order valence-electron chi connectivity index (χ1n) is 14.7. The molecule has 0 aliphatic carbocycles. The van der Waals surface area contributed by atoms with Gasteiger partial charge < -0.3 is 26.3 Å². The number of nitrogens with two attached hydrogens (primary N) is 2. The predicted molar refractivity (Wildman–Crippen MR) is 182 cm³/mol. The molecular weight excluding hydrogens is 641 g/mol. The molecule has 0 radical (unpaired) electrons. The number of rotatable bonds is 18. The molecule has 0 saturated heterocycles. The summed E-state index contributed by atoms with van der Waals surface area (Å²) >= 11 is 0. The summed E-state index contributed by atoms with van der Waals surface area (Å²) < 4.78 is 64.8. The van der Waals surface area contributed by atoms with Crippen LogP contribution in [-0.2, 0) is 26.4 Å². The lowest BCUT2D eigenvalue weighted by Gasteiger charge is -2.11. The van der Waals surface area contributed by atoms with Gasteiger partial charge in [0.15, 0.2) is 9.84 Å². The number of sulfonamides is 1. The average molecular weight is 679 g/mol. The Hall–Kier alpha value is -4.92. The van der Waals surface area contributed by atoms with Gasteiger partial charge in [-0.2, -0.15) is 0 Å². The quantitative estimate of drug-likeness (QED) is 0.0505. The number of benzene rings is 4. The molecule has 0 atom stereocenters. The first kappa shape index (κ1) is 34.9. The van der Waals surface area contributed by atoms with Crippen molar-refractivity contribution in [2.45, 2.75) is 35.6 Å². The Kier molecular flexibility index (Phi) is 11.9. The molecule has 0 saturated carbocycles. The highest BCUT2D eigenvalue weighted by atomic mass is 32.2. The number of hydrogen-bond acceptors (Lipinski definition) is 9. The van der Waals surface area contributed by atoms with Crippen LogP contribution in [0.15, 0.2) is 107 Å². The van der Waals surface area contributed by atoms with Crippen LogP contribution < -0.4 is 31.0 Å². The van der Waals surface area contributed by atoms with Crippen LogP contribution in [0.4, 0.5) is 5.69 Å². The number of ether oxygens (including phenoxy) is 2. The zero-order chi connectivity index (χ0) is 33.9. The molecule has 248 valence electrons. The van der Waals surface area contributed by atoms with Crippen molar-refractivity contribution in [3.8, 4) is 11.5 Å². The number of nitrogens with one attached hydrogen (secondary N) is 4. The molecule has 0 heterocycles. The number of amidine groups is 2. The minimum atomic E-state index is -3.76. The van der Waals surface area contributed by atoms with E-state index < -0.39 is 19.9 Å². The average Bonchev–Trinajstić information content (AvgIpc) is 3.07. The second kappa shape index (κ2) is 16.1. The van der Waals surface area contributed by atoms with E-state index in [0.717, 1.165) is 24.8 Å². The van der Waals surface area contributed by atoms with Gasteiger partial charge >= 0.3 is 0 Å². The smallest absolute Gasteiger partial charge is 0.240 e. The fraction of sp³-hybridized carbons (Fsp3) is 0.212. The van der Waals surface area contributed by atoms with Crippen LogP contribution >= 0.6 is 0 Å². The van der Waals surface area contributed by atoms with Gasteiger partial charge in [0.25, 0.3) is 0 Å². The molecule has 14 heteroatoms. The Morgan fingerprint density at radius 1 is 0.660 bits per heavy atom. The Balaban J connectivity index is 1.10. The summed E-state index contributed by atoms with van der Waals surface area (Å²) in [5, 5.41) is 17.9. The van der Waals surface area contributed by atoms with Gasteiger partial charge in [0.1, 0.15) is 29.0 Å². The van der Waals surface area contributed by atoms with Crippen LogP contribution in [0.3, 0.4) is 0 Å². The molecule has 0 spiro atoms. The van der Waals surface area contributed by atoms with Crippen molar-refractivity contribution < 1.29 is 26.3 Å². The van der Waals surface area contributed by atoms with Gasteiger partial charge in [0.2, 0.25) is 10.0 Å². The van der Waals surface area contributed by atoms with Crippen LogP contribution in [0.1, 0.15) is 36.0 Å². The lowest BCUT2D eigenvalue weighted by atomic mass is 10.2. The molecule has 0 unspecified atom stereocenters. The Morgan fingerprint density at radius 2 is 1.17 bits per heavy atom. The number of sulfone groups is 1. The molecule has 0 amide bonds. The van der Waals surface area contributed by atoms with Crippen molar-refractivity contribution >= 4 is 37.2 Å². The first-order valence-corrected chi connectivity index (χ1v) is 17.9. The van der Waals surface area contributed by atoms with Crippen molar-refractivity contribution in [2.75, 3.05) is 24.4 Å². The van der Waals surface area contributed by atoms with Gasteiger partial charge in [-0.15, -0.1) is 0 Å². The molecule has 0 aliphatic rings. The molecular formula is C33H38N6O6S2. The Morgan fingerprint density at radius 3 is 1.72 bits per heavy atom. The normalized spacial score (nSPS) is 11.5. The van der Waals surface area contributed by atoms with Crippen molar-refractivity contribution in [3.05, 3.63) is 114 Å². The molecule has 0 aromatic heterocycles. The molecule has 47 heavy (non-hydrogen) atoms. The molecule has 0 bridgehead atoms. The third-order valence-electron chi connectivity index (χ3n) is 7.00. The highest BCUT2D eigenvalue weighted by Gasteiger charge is 2.16. The predicted octanol–water partition coefficient (Wildman–Crippen LogP) is 4.20. The number of unbranched alkanes of at least 4 members (excludes halogenated alkanes) is 2. The SMILES string of the molecule is N=C(N)c1cccc(S(=O)(=O)CNc2ccc(OCCCCCOc3ccc(CNS(=O)(=O)c4cccc(C(=N)N)c4)cc3)cc2)c1. The van der Waals surface area contributed by atoms with Crippen LogP contribution in [0.25, 0.3) is 0 Å². The Labute approximate surface area is 275 Å². The number of anilines is 1. The summed E-state index contributed by atoms with van der Waals surface area (Å²) in [4.78, 5) is 0.137. The molecule has 4 aromatic carbocycles. The van der Waals surface area contributed by atoms with Gasteiger partial charge in [-0.1, -0.05) is 36.4 Å². The number of nitrogen functional groups attached to an aromatic ring is 2. The summed E-state index contributed by atoms with van der Waals surface area (Å²) in [7, 11) is -7.39. The third-order valence-corrected chi connectivity index (χ3v) is 9.89. The van der Waals surface area contributed by atoms with E-state index in [9.17, 15) is 16.8 Å². The van der Waals surface area contributed by atoms with Gasteiger partial charge in [-0.3, -0.25) is 10.8 Å². The summed E-state index contributed by atoms with van der Waals surface area (Å²) in [5.41, 5.74) is 13.0. The molecule has 12 nitrogen and oxygen atoms in total. The molecule has 4 aromatic rings. The van der Waals surface area contributed by atoms with Crippen LogP contribution in [0, 0.1) is 10.8 Å². The molecule has 0 fully saturated rings. The van der Waals surface area contributed by atoms with Crippen LogP contribution in [0.2, 0.25) is 0 Å². The fourth-order valence-corrected chi connectivity index (χ4v) is 6.52. The van der Waals surface area contributed by atoms with Crippen molar-refractivity contribution in [1.29, 1.82) is 10.8 Å². The molecule has 0 aliphatic heterocycles. The molecule has 8 N–H and O–H groups in total. The summed E-state index contributed by atoms with van der Waals surface area (Å²) in [6.07, 6.45) is 2.55. The third kappa shape index (κ3) is 10.6. The van der Waals surface area contributed by atoms with Crippen molar-refractivity contribution in [2.24, 2.45) is 11.5 Å². The van der Waals surface area contributed by atoms with Gasteiger partial charge in [-0.25, -0.2) is 21.6 Å². The van der Waals surface area contributed by atoms with E-state index in [1.54, 1.807) is 72.8 Å². The standard InChI is InChI=1S/C33H38N6O6S2/c34-32(35)25-6-4-8-30(20-25)46(40,41)23-38-27-12-16-29(17-13-27)45-19-3-1-2-18-44-28-14-10-24(11-15-28)22-39-47(42,43)31-9-5-7-26(21-31)33(36)37/h4-17,20-21,38-39H,1-3,18-19,22-23H2,(H3,34,35)(H3,36,37). The summed E-state index contributed by atoms with van der Waals surface area (Å²) in [6.45, 7) is 1.16. The number of hydrogen-bond donors (Lipinski definition) is 6. The highest BCUT2D eigenvalue weighted by molar-refractivity contribution is 7.91. The Bertz CT molecular complexity index is 1760. The van der Waals surface area contributed by atoms with E-state index in [4.69, 9.17) is 31.8 Å². The maximum Gasteiger partial charge on any atom is 0.240 e. The second-order valence-electron chi connectivity index (χ2n) is 10.6. The summed E-state index contributed by atoms with van der Waals surface area (Å²) in [6, 6.07) is 26.2. The van der Waals surface area contributed by atoms with E-state index in [1.165, 1.54) is 24.3 Å². The van der Waals surface area contributed by atoms with Crippen LogP contribution in [0.5, 0.6) is 11.5 Å². The first-order chi connectivity index (χ1) is 22.4. The molecule has 4 rings (SSSR count). The maximum atomic E-state index is 12.7.